The highest BCUT2D eigenvalue weighted by atomic mass is 16.5. The topological polar surface area (TPSA) is 64.3 Å². The molecule has 0 aliphatic carbocycles. The van der Waals surface area contributed by atoms with Gasteiger partial charge in [-0.2, -0.15) is 0 Å². The van der Waals surface area contributed by atoms with E-state index in [2.05, 4.69) is 5.32 Å². The first-order chi connectivity index (χ1) is 9.60. The van der Waals surface area contributed by atoms with Crippen molar-refractivity contribution in [1.29, 1.82) is 0 Å². The number of carbonyl (C=O) groups is 1. The fourth-order valence-corrected chi connectivity index (χ4v) is 1.96. The van der Waals surface area contributed by atoms with E-state index < -0.39 is 11.9 Å². The van der Waals surface area contributed by atoms with Crippen molar-refractivity contribution < 1.29 is 9.53 Å². The zero-order valence-corrected chi connectivity index (χ0v) is 11.6. The summed E-state index contributed by atoms with van der Waals surface area (Å²) < 4.78 is 5.16. The van der Waals surface area contributed by atoms with Crippen LogP contribution in [0.15, 0.2) is 48.5 Å². The molecule has 0 bridgehead atoms. The Labute approximate surface area is 118 Å². The second kappa shape index (κ2) is 6.10. The number of amides is 1. The highest BCUT2D eigenvalue weighted by Gasteiger charge is 2.17. The van der Waals surface area contributed by atoms with Gasteiger partial charge >= 0.3 is 0 Å². The van der Waals surface area contributed by atoms with Crippen molar-refractivity contribution in [2.24, 2.45) is 5.73 Å². The summed E-state index contributed by atoms with van der Waals surface area (Å²) in [4.78, 5) is 11.7. The Morgan fingerprint density at radius 2 is 1.90 bits per heavy atom. The normalized spacial score (nSPS) is 11.7. The fourth-order valence-electron chi connectivity index (χ4n) is 1.96. The van der Waals surface area contributed by atoms with Gasteiger partial charge in [0.2, 0.25) is 5.91 Å². The smallest absolute Gasteiger partial charge is 0.244 e. The van der Waals surface area contributed by atoms with Crippen molar-refractivity contribution in [3.8, 4) is 5.75 Å². The quantitative estimate of drug-likeness (QED) is 0.877. The van der Waals surface area contributed by atoms with E-state index in [1.165, 1.54) is 0 Å². The van der Waals surface area contributed by atoms with E-state index in [-0.39, 0.29) is 0 Å². The zero-order chi connectivity index (χ0) is 14.5. The number of nitrogens with one attached hydrogen (secondary N) is 1. The molecule has 2 rings (SSSR count). The predicted octanol–water partition coefficient (Wildman–Crippen LogP) is 2.64. The highest BCUT2D eigenvalue weighted by molar-refractivity contribution is 5.84. The van der Waals surface area contributed by atoms with Gasteiger partial charge in [-0.3, -0.25) is 4.79 Å². The molecule has 4 heteroatoms. The lowest BCUT2D eigenvalue weighted by molar-refractivity contribution is -0.118. The molecule has 1 amide bonds. The molecule has 0 radical (unpaired) electrons. The third-order valence-corrected chi connectivity index (χ3v) is 3.08. The van der Waals surface area contributed by atoms with Crippen LogP contribution in [0.25, 0.3) is 0 Å². The molecule has 0 saturated heterocycles. The van der Waals surface area contributed by atoms with Gasteiger partial charge in [0.25, 0.3) is 0 Å². The minimum atomic E-state index is -0.567. The number of rotatable bonds is 5. The van der Waals surface area contributed by atoms with Crippen LogP contribution in [0.3, 0.4) is 0 Å². The van der Waals surface area contributed by atoms with Crippen molar-refractivity contribution in [3.63, 3.8) is 0 Å². The average molecular weight is 270 g/mol. The van der Waals surface area contributed by atoms with Crippen LogP contribution in [0.5, 0.6) is 5.75 Å². The SMILES string of the molecule is COc1cccc(NC(C(N)=O)c2ccc(C)cc2)c1. The molecule has 1 unspecified atom stereocenters. The lowest BCUT2D eigenvalue weighted by Crippen LogP contribution is -2.27. The standard InChI is InChI=1S/C16H18N2O2/c1-11-6-8-12(9-7-11)15(16(17)19)18-13-4-3-5-14(10-13)20-2/h3-10,15,18H,1-2H3,(H2,17,19). The summed E-state index contributed by atoms with van der Waals surface area (Å²) in [5.41, 5.74) is 8.25. The van der Waals surface area contributed by atoms with E-state index in [4.69, 9.17) is 10.5 Å². The average Bonchev–Trinajstić information content (AvgIpc) is 2.46. The number of anilines is 1. The minimum Gasteiger partial charge on any atom is -0.497 e. The first-order valence-electron chi connectivity index (χ1n) is 6.36. The maximum Gasteiger partial charge on any atom is 0.244 e. The lowest BCUT2D eigenvalue weighted by Gasteiger charge is -2.17. The third kappa shape index (κ3) is 3.29. The summed E-state index contributed by atoms with van der Waals surface area (Å²) in [5, 5.41) is 3.13. The van der Waals surface area contributed by atoms with Crippen molar-refractivity contribution >= 4 is 11.6 Å². The van der Waals surface area contributed by atoms with Crippen molar-refractivity contribution in [3.05, 3.63) is 59.7 Å². The van der Waals surface area contributed by atoms with Gasteiger partial charge in [-0.25, -0.2) is 0 Å². The van der Waals surface area contributed by atoms with Crippen LogP contribution in [-0.2, 0) is 4.79 Å². The minimum absolute atomic E-state index is 0.420. The molecule has 104 valence electrons. The van der Waals surface area contributed by atoms with Crippen LogP contribution >= 0.6 is 0 Å². The van der Waals surface area contributed by atoms with E-state index in [1.807, 2.05) is 55.5 Å². The summed E-state index contributed by atoms with van der Waals surface area (Å²) >= 11 is 0. The Hall–Kier alpha value is -2.49. The molecule has 20 heavy (non-hydrogen) atoms. The molecule has 0 spiro atoms. The van der Waals surface area contributed by atoms with E-state index in [0.717, 1.165) is 22.6 Å². The monoisotopic (exact) mass is 270 g/mol. The number of methoxy groups -OCH3 is 1. The number of benzene rings is 2. The Balaban J connectivity index is 2.25. The van der Waals surface area contributed by atoms with Gasteiger partial charge in [0.1, 0.15) is 11.8 Å². The Bertz CT molecular complexity index is 594. The molecule has 4 nitrogen and oxygen atoms in total. The second-order valence-corrected chi connectivity index (χ2v) is 4.62. The molecule has 0 aliphatic heterocycles. The summed E-state index contributed by atoms with van der Waals surface area (Å²) in [7, 11) is 1.60. The number of nitrogens with two attached hydrogens (primary N) is 1. The first kappa shape index (κ1) is 13.9. The number of hydrogen-bond acceptors (Lipinski definition) is 3. The number of aryl methyl sites for hydroxylation is 1. The summed E-state index contributed by atoms with van der Waals surface area (Å²) in [5.74, 6) is 0.304. The molecule has 0 saturated carbocycles. The van der Waals surface area contributed by atoms with Gasteiger partial charge in [0, 0.05) is 11.8 Å². The van der Waals surface area contributed by atoms with Gasteiger partial charge < -0.3 is 15.8 Å². The van der Waals surface area contributed by atoms with Crippen LogP contribution in [-0.4, -0.2) is 13.0 Å². The Morgan fingerprint density at radius 3 is 2.50 bits per heavy atom. The molecule has 2 aromatic carbocycles. The fraction of sp³-hybridized carbons (Fsp3) is 0.188. The Kier molecular flexibility index (Phi) is 4.25. The van der Waals surface area contributed by atoms with Gasteiger partial charge in [-0.15, -0.1) is 0 Å². The number of ether oxygens (including phenoxy) is 1. The highest BCUT2D eigenvalue weighted by Crippen LogP contribution is 2.23. The molecule has 0 aliphatic rings. The van der Waals surface area contributed by atoms with E-state index in [0.29, 0.717) is 0 Å². The summed E-state index contributed by atoms with van der Waals surface area (Å²) in [6.07, 6.45) is 0. The van der Waals surface area contributed by atoms with Gasteiger partial charge in [0.05, 0.1) is 7.11 Å². The lowest BCUT2D eigenvalue weighted by atomic mass is 10.0. The zero-order valence-electron chi connectivity index (χ0n) is 11.6. The van der Waals surface area contributed by atoms with Crippen LogP contribution < -0.4 is 15.8 Å². The van der Waals surface area contributed by atoms with Gasteiger partial charge in [-0.05, 0) is 24.6 Å². The van der Waals surface area contributed by atoms with Crippen LogP contribution in [0.2, 0.25) is 0 Å². The van der Waals surface area contributed by atoms with E-state index in [1.54, 1.807) is 7.11 Å². The molecule has 2 aromatic rings. The molecule has 0 fully saturated rings. The molecule has 3 N–H and O–H groups in total. The Morgan fingerprint density at radius 1 is 1.20 bits per heavy atom. The van der Waals surface area contributed by atoms with Gasteiger partial charge in [0.15, 0.2) is 0 Å². The predicted molar refractivity (Wildman–Crippen MR) is 79.7 cm³/mol. The van der Waals surface area contributed by atoms with Gasteiger partial charge in [-0.1, -0.05) is 35.9 Å². The molecular weight excluding hydrogens is 252 g/mol. The van der Waals surface area contributed by atoms with Crippen LogP contribution in [0.1, 0.15) is 17.2 Å². The summed E-state index contributed by atoms with van der Waals surface area (Å²) in [6.45, 7) is 2.00. The molecule has 1 atom stereocenters. The van der Waals surface area contributed by atoms with Crippen molar-refractivity contribution in [1.82, 2.24) is 0 Å². The number of primary amides is 1. The second-order valence-electron chi connectivity index (χ2n) is 4.62. The third-order valence-electron chi connectivity index (χ3n) is 3.08. The molecule has 0 aromatic heterocycles. The largest absolute Gasteiger partial charge is 0.497 e. The number of carbonyl (C=O) groups excluding carboxylic acids is 1. The summed E-state index contributed by atoms with van der Waals surface area (Å²) in [6, 6.07) is 14.5. The van der Waals surface area contributed by atoms with E-state index in [9.17, 15) is 4.79 Å². The molecule has 0 heterocycles. The van der Waals surface area contributed by atoms with E-state index >= 15 is 0 Å². The van der Waals surface area contributed by atoms with Crippen LogP contribution in [0, 0.1) is 6.92 Å². The first-order valence-corrected chi connectivity index (χ1v) is 6.36. The molecular formula is C16H18N2O2. The maximum atomic E-state index is 11.7. The van der Waals surface area contributed by atoms with Crippen LogP contribution in [0.4, 0.5) is 5.69 Å². The number of hydrogen-bond donors (Lipinski definition) is 2. The maximum absolute atomic E-state index is 11.7. The van der Waals surface area contributed by atoms with Crippen molar-refractivity contribution in [2.75, 3.05) is 12.4 Å². The van der Waals surface area contributed by atoms with Crippen molar-refractivity contribution in [2.45, 2.75) is 13.0 Å².